The number of nitrogens with zero attached hydrogens (tertiary/aromatic N) is 3. The van der Waals surface area contributed by atoms with Crippen LogP contribution in [0.5, 0.6) is 0 Å². The molecule has 1 unspecified atom stereocenters. The van der Waals surface area contributed by atoms with Gasteiger partial charge in [-0.2, -0.15) is 18.3 Å². The molecule has 1 amide bonds. The van der Waals surface area contributed by atoms with Crippen LogP contribution in [-0.4, -0.2) is 20.7 Å². The first-order valence-corrected chi connectivity index (χ1v) is 10.1. The number of carbonyl (C=O) groups is 1. The Morgan fingerprint density at radius 3 is 2.60 bits per heavy atom. The van der Waals surface area contributed by atoms with Gasteiger partial charge in [0.2, 0.25) is 5.91 Å². The van der Waals surface area contributed by atoms with Crippen LogP contribution >= 0.6 is 11.3 Å². The number of nitrogens with one attached hydrogen (secondary N) is 1. The van der Waals surface area contributed by atoms with Crippen LogP contribution in [0.2, 0.25) is 0 Å². The summed E-state index contributed by atoms with van der Waals surface area (Å²) in [6, 6.07) is 9.29. The third kappa shape index (κ3) is 4.43. The number of hydrogen-bond donors (Lipinski definition) is 1. The lowest BCUT2D eigenvalue weighted by molar-refractivity contribution is -0.139. The molecule has 156 valence electrons. The third-order valence-corrected chi connectivity index (χ3v) is 5.56. The van der Waals surface area contributed by atoms with E-state index in [1.165, 1.54) is 11.3 Å². The van der Waals surface area contributed by atoms with Crippen molar-refractivity contribution in [1.29, 1.82) is 0 Å². The van der Waals surface area contributed by atoms with Crippen LogP contribution in [0.15, 0.2) is 52.8 Å². The summed E-state index contributed by atoms with van der Waals surface area (Å²) in [4.78, 5) is 29.2. The highest BCUT2D eigenvalue weighted by Crippen LogP contribution is 2.40. The Kier molecular flexibility index (Phi) is 5.42. The Bertz CT molecular complexity index is 1090. The number of rotatable bonds is 6. The highest BCUT2D eigenvalue weighted by Gasteiger charge is 2.38. The molecule has 0 radical (unpaired) electrons. The van der Waals surface area contributed by atoms with Crippen molar-refractivity contribution in [3.05, 3.63) is 80.2 Å². The molecule has 3 aromatic rings. The average molecular weight is 434 g/mol. The molecule has 0 aliphatic heterocycles. The Morgan fingerprint density at radius 1 is 1.27 bits per heavy atom. The van der Waals surface area contributed by atoms with Gasteiger partial charge in [-0.1, -0.05) is 30.3 Å². The van der Waals surface area contributed by atoms with Crippen LogP contribution in [0.1, 0.15) is 46.6 Å². The van der Waals surface area contributed by atoms with Crippen LogP contribution in [0.25, 0.3) is 0 Å². The van der Waals surface area contributed by atoms with Gasteiger partial charge in [0, 0.05) is 17.5 Å². The molecule has 6 nitrogen and oxygen atoms in total. The second kappa shape index (κ2) is 8.02. The zero-order chi connectivity index (χ0) is 21.3. The van der Waals surface area contributed by atoms with E-state index in [2.05, 4.69) is 15.4 Å². The molecule has 0 bridgehead atoms. The molecule has 0 saturated heterocycles. The number of carbonyl (C=O) groups excluding carboxylic acids is 1. The summed E-state index contributed by atoms with van der Waals surface area (Å²) in [6.07, 6.45) is -1.78. The summed E-state index contributed by atoms with van der Waals surface area (Å²) in [5.41, 5.74) is -1.67. The van der Waals surface area contributed by atoms with Crippen molar-refractivity contribution in [2.45, 2.75) is 37.5 Å². The fourth-order valence-corrected chi connectivity index (χ4v) is 3.82. The summed E-state index contributed by atoms with van der Waals surface area (Å²) in [5, 5.41) is 9.17. The molecule has 1 fully saturated rings. The molecule has 10 heteroatoms. The molecule has 1 N–H and O–H groups in total. The number of thiazole rings is 1. The molecule has 1 aliphatic rings. The molecule has 30 heavy (non-hydrogen) atoms. The van der Waals surface area contributed by atoms with E-state index in [1.54, 1.807) is 11.6 Å². The normalized spacial score (nSPS) is 15.0. The second-order valence-electron chi connectivity index (χ2n) is 7.00. The standard InChI is InChI=1S/C20H17F3N4O2S/c21-20(22,23)14-10-15(12-6-7-12)26-27(19(14)29)11-16(28)25-17(18-24-8-9-30-18)13-4-2-1-3-5-13/h1-5,8-10,12,17H,6-7,11H2,(H,25,28). The van der Waals surface area contributed by atoms with Crippen molar-refractivity contribution in [3.8, 4) is 0 Å². The van der Waals surface area contributed by atoms with Gasteiger partial charge in [0.1, 0.15) is 23.2 Å². The lowest BCUT2D eigenvalue weighted by Crippen LogP contribution is -2.38. The van der Waals surface area contributed by atoms with Crippen molar-refractivity contribution in [2.24, 2.45) is 0 Å². The molecule has 1 atom stereocenters. The highest BCUT2D eigenvalue weighted by molar-refractivity contribution is 7.09. The summed E-state index contributed by atoms with van der Waals surface area (Å²) < 4.78 is 40.5. The summed E-state index contributed by atoms with van der Waals surface area (Å²) in [7, 11) is 0. The van der Waals surface area contributed by atoms with E-state index in [0.717, 1.165) is 24.5 Å². The second-order valence-corrected chi connectivity index (χ2v) is 7.93. The predicted molar refractivity (Wildman–Crippen MR) is 104 cm³/mol. The summed E-state index contributed by atoms with van der Waals surface area (Å²) >= 11 is 1.34. The first-order valence-electron chi connectivity index (χ1n) is 9.26. The molecule has 0 spiro atoms. The number of hydrogen-bond acceptors (Lipinski definition) is 5. The number of halogens is 3. The quantitative estimate of drug-likeness (QED) is 0.644. The maximum absolute atomic E-state index is 13.3. The van der Waals surface area contributed by atoms with Gasteiger partial charge in [0.15, 0.2) is 0 Å². The van der Waals surface area contributed by atoms with Gasteiger partial charge in [-0.25, -0.2) is 9.67 Å². The molecular formula is C20H17F3N4O2S. The van der Waals surface area contributed by atoms with E-state index < -0.39 is 35.8 Å². The van der Waals surface area contributed by atoms with E-state index in [1.807, 2.05) is 30.3 Å². The smallest absolute Gasteiger partial charge is 0.341 e. The summed E-state index contributed by atoms with van der Waals surface area (Å²) in [6.45, 7) is -0.614. The monoisotopic (exact) mass is 434 g/mol. The molecule has 2 heterocycles. The van der Waals surface area contributed by atoms with Gasteiger partial charge in [-0.3, -0.25) is 9.59 Å². The predicted octanol–water partition coefficient (Wildman–Crippen LogP) is 3.50. The van der Waals surface area contributed by atoms with Gasteiger partial charge < -0.3 is 5.32 Å². The Balaban J connectivity index is 1.62. The zero-order valence-electron chi connectivity index (χ0n) is 15.6. The van der Waals surface area contributed by atoms with Crippen molar-refractivity contribution in [1.82, 2.24) is 20.1 Å². The van der Waals surface area contributed by atoms with Crippen molar-refractivity contribution >= 4 is 17.2 Å². The van der Waals surface area contributed by atoms with Gasteiger partial charge in [0.25, 0.3) is 5.56 Å². The molecule has 4 rings (SSSR count). The number of aromatic nitrogens is 3. The Hall–Kier alpha value is -3.01. The van der Waals surface area contributed by atoms with Crippen LogP contribution in [0.4, 0.5) is 13.2 Å². The van der Waals surface area contributed by atoms with Crippen molar-refractivity contribution in [3.63, 3.8) is 0 Å². The largest absolute Gasteiger partial charge is 0.421 e. The minimum absolute atomic E-state index is 0.103. The van der Waals surface area contributed by atoms with Crippen LogP contribution < -0.4 is 10.9 Å². The Labute approximate surface area is 173 Å². The van der Waals surface area contributed by atoms with Gasteiger partial charge in [-0.05, 0) is 24.5 Å². The summed E-state index contributed by atoms with van der Waals surface area (Å²) in [5.74, 6) is -0.733. The molecule has 1 aliphatic carbocycles. The van der Waals surface area contributed by atoms with Crippen LogP contribution in [0.3, 0.4) is 0 Å². The lowest BCUT2D eigenvalue weighted by atomic mass is 10.1. The molecule has 1 saturated carbocycles. The third-order valence-electron chi connectivity index (χ3n) is 4.72. The van der Waals surface area contributed by atoms with Gasteiger partial charge in [-0.15, -0.1) is 11.3 Å². The number of benzene rings is 1. The fourth-order valence-electron chi connectivity index (χ4n) is 3.10. The number of alkyl halides is 3. The number of amides is 1. The first kappa shape index (κ1) is 20.3. The van der Waals surface area contributed by atoms with Gasteiger partial charge >= 0.3 is 6.18 Å². The molecule has 2 aromatic heterocycles. The minimum atomic E-state index is -4.81. The first-order chi connectivity index (χ1) is 14.3. The van der Waals surface area contributed by atoms with E-state index in [4.69, 9.17) is 0 Å². The fraction of sp³-hybridized carbons (Fsp3) is 0.300. The molecular weight excluding hydrogens is 417 g/mol. The SMILES string of the molecule is O=C(Cn1nc(C2CC2)cc(C(F)(F)F)c1=O)NC(c1ccccc1)c1nccs1. The van der Waals surface area contributed by atoms with E-state index in [0.29, 0.717) is 9.69 Å². The average Bonchev–Trinajstić information content (AvgIpc) is 3.42. The van der Waals surface area contributed by atoms with E-state index >= 15 is 0 Å². The molecule has 1 aromatic carbocycles. The van der Waals surface area contributed by atoms with Crippen molar-refractivity contribution < 1.29 is 18.0 Å². The van der Waals surface area contributed by atoms with Crippen LogP contribution in [-0.2, 0) is 17.5 Å². The zero-order valence-corrected chi connectivity index (χ0v) is 16.4. The maximum Gasteiger partial charge on any atom is 0.421 e. The Morgan fingerprint density at radius 2 is 2.00 bits per heavy atom. The van der Waals surface area contributed by atoms with E-state index in [-0.39, 0.29) is 11.6 Å². The van der Waals surface area contributed by atoms with E-state index in [9.17, 15) is 22.8 Å². The van der Waals surface area contributed by atoms with Gasteiger partial charge in [0.05, 0.1) is 5.69 Å². The van der Waals surface area contributed by atoms with Crippen LogP contribution in [0, 0.1) is 0 Å². The maximum atomic E-state index is 13.3. The highest BCUT2D eigenvalue weighted by atomic mass is 32.1. The van der Waals surface area contributed by atoms with Crippen molar-refractivity contribution in [2.75, 3.05) is 0 Å². The minimum Gasteiger partial charge on any atom is -0.341 e. The lowest BCUT2D eigenvalue weighted by Gasteiger charge is -2.18. The topological polar surface area (TPSA) is 76.9 Å².